The van der Waals surface area contributed by atoms with E-state index in [1.54, 1.807) is 6.07 Å². The van der Waals surface area contributed by atoms with Gasteiger partial charge in [-0.05, 0) is 30.2 Å². The lowest BCUT2D eigenvalue weighted by Gasteiger charge is -2.22. The zero-order valence-corrected chi connectivity index (χ0v) is 16.6. The Morgan fingerprint density at radius 1 is 1.14 bits per heavy atom. The van der Waals surface area contributed by atoms with Crippen LogP contribution in [0, 0.1) is 12.8 Å². The van der Waals surface area contributed by atoms with Crippen molar-refractivity contribution in [3.8, 4) is 0 Å². The molecule has 2 atom stereocenters. The van der Waals surface area contributed by atoms with Crippen LogP contribution in [-0.2, 0) is 9.53 Å². The fourth-order valence-electron chi connectivity index (χ4n) is 3.64. The van der Waals surface area contributed by atoms with E-state index >= 15 is 0 Å². The summed E-state index contributed by atoms with van der Waals surface area (Å²) in [5.74, 6) is -1.09. The summed E-state index contributed by atoms with van der Waals surface area (Å²) in [7, 11) is 0. The maximum Gasteiger partial charge on any atom is 0.354 e. The van der Waals surface area contributed by atoms with E-state index in [0.29, 0.717) is 16.7 Å². The van der Waals surface area contributed by atoms with Crippen molar-refractivity contribution in [2.24, 2.45) is 10.9 Å². The van der Waals surface area contributed by atoms with E-state index in [1.807, 2.05) is 63.2 Å². The second-order valence-corrected chi connectivity index (χ2v) is 7.52. The average molecular weight is 390 g/mol. The lowest BCUT2D eigenvalue weighted by atomic mass is 9.90. The van der Waals surface area contributed by atoms with E-state index in [2.05, 4.69) is 15.3 Å². The number of rotatable bonds is 5. The monoisotopic (exact) mass is 390 g/mol. The second kappa shape index (κ2) is 7.58. The first kappa shape index (κ1) is 19.0. The molecule has 29 heavy (non-hydrogen) atoms. The highest BCUT2D eigenvalue weighted by Crippen LogP contribution is 2.33. The number of benzene rings is 2. The van der Waals surface area contributed by atoms with Crippen molar-refractivity contribution in [2.45, 2.75) is 39.3 Å². The Kier molecular flexibility index (Phi) is 4.96. The van der Waals surface area contributed by atoms with Gasteiger partial charge >= 0.3 is 5.97 Å². The number of hydrogen-bond donors (Lipinski definition) is 0. The highest BCUT2D eigenvalue weighted by molar-refractivity contribution is 6.38. The third-order valence-corrected chi connectivity index (χ3v) is 5.16. The van der Waals surface area contributed by atoms with Crippen molar-refractivity contribution < 1.29 is 14.3 Å². The van der Waals surface area contributed by atoms with E-state index in [1.165, 1.54) is 4.68 Å². The summed E-state index contributed by atoms with van der Waals surface area (Å²) < 4.78 is 6.88. The van der Waals surface area contributed by atoms with Crippen molar-refractivity contribution in [1.82, 2.24) is 15.0 Å². The largest absolute Gasteiger partial charge is 0.435 e. The molecule has 0 bridgehead atoms. The van der Waals surface area contributed by atoms with E-state index in [4.69, 9.17) is 4.74 Å². The first-order chi connectivity index (χ1) is 14.0. The van der Waals surface area contributed by atoms with Crippen LogP contribution in [0.2, 0.25) is 0 Å². The van der Waals surface area contributed by atoms with Gasteiger partial charge in [-0.1, -0.05) is 55.5 Å². The molecule has 0 saturated heterocycles. The number of aliphatic imine (C=N–C) groups is 1. The van der Waals surface area contributed by atoms with Crippen molar-refractivity contribution in [3.63, 3.8) is 0 Å². The molecule has 2 aromatic carbocycles. The molecule has 0 aliphatic carbocycles. The molecule has 148 valence electrons. The van der Waals surface area contributed by atoms with Gasteiger partial charge in [0.15, 0.2) is 0 Å². The summed E-state index contributed by atoms with van der Waals surface area (Å²) in [5, 5.41) is 8.08. The summed E-state index contributed by atoms with van der Waals surface area (Å²) in [4.78, 5) is 29.9. The van der Waals surface area contributed by atoms with Crippen molar-refractivity contribution in [3.05, 3.63) is 59.7 Å². The van der Waals surface area contributed by atoms with Crippen molar-refractivity contribution >= 4 is 28.6 Å². The zero-order chi connectivity index (χ0) is 20.5. The number of fused-ring (bicyclic) bond motifs is 1. The quantitative estimate of drug-likeness (QED) is 0.622. The molecular formula is C22H22N4O3. The number of cyclic esters (lactones) is 1. The predicted molar refractivity (Wildman–Crippen MR) is 109 cm³/mol. The molecule has 0 fully saturated rings. The maximum atomic E-state index is 13.1. The summed E-state index contributed by atoms with van der Waals surface area (Å²) >= 11 is 0. The van der Waals surface area contributed by atoms with Crippen LogP contribution in [0.25, 0.3) is 11.0 Å². The SMILES string of the molecule is Cc1ccccc1[C@@H](CC(=O)n1nnc2ccccc21)C1N=C(C(C)C)C(=O)O1. The number of esters is 1. The first-order valence-electron chi connectivity index (χ1n) is 9.63. The minimum absolute atomic E-state index is 0.0417. The van der Waals surface area contributed by atoms with E-state index < -0.39 is 18.1 Å². The minimum Gasteiger partial charge on any atom is -0.435 e. The Hall–Kier alpha value is -3.35. The second-order valence-electron chi connectivity index (χ2n) is 7.52. The molecular weight excluding hydrogens is 368 g/mol. The Morgan fingerprint density at radius 3 is 2.59 bits per heavy atom. The van der Waals surface area contributed by atoms with Gasteiger partial charge in [-0.15, -0.1) is 5.10 Å². The van der Waals surface area contributed by atoms with E-state index in [9.17, 15) is 9.59 Å². The Balaban J connectivity index is 1.71. The van der Waals surface area contributed by atoms with Crippen LogP contribution in [0.3, 0.4) is 0 Å². The predicted octanol–water partition coefficient (Wildman–Crippen LogP) is 3.53. The molecule has 0 amide bonds. The van der Waals surface area contributed by atoms with E-state index in [-0.39, 0.29) is 18.2 Å². The number of nitrogens with zero attached hydrogens (tertiary/aromatic N) is 4. The summed E-state index contributed by atoms with van der Waals surface area (Å²) in [6, 6.07) is 15.1. The third-order valence-electron chi connectivity index (χ3n) is 5.16. The van der Waals surface area contributed by atoms with Gasteiger partial charge in [-0.2, -0.15) is 4.68 Å². The fourth-order valence-corrected chi connectivity index (χ4v) is 3.64. The molecule has 4 rings (SSSR count). The molecule has 1 aliphatic heterocycles. The van der Waals surface area contributed by atoms with Crippen LogP contribution >= 0.6 is 0 Å². The van der Waals surface area contributed by atoms with Gasteiger partial charge < -0.3 is 4.74 Å². The average Bonchev–Trinajstić information content (AvgIpc) is 3.30. The number of hydrogen-bond acceptors (Lipinski definition) is 6. The molecule has 0 N–H and O–H groups in total. The van der Waals surface area contributed by atoms with Gasteiger partial charge in [0.1, 0.15) is 11.2 Å². The molecule has 1 aliphatic rings. The van der Waals surface area contributed by atoms with Gasteiger partial charge in [-0.25, -0.2) is 9.79 Å². The molecule has 7 heteroatoms. The lowest BCUT2D eigenvalue weighted by Crippen LogP contribution is -2.25. The smallest absolute Gasteiger partial charge is 0.354 e. The topological polar surface area (TPSA) is 86.4 Å². The van der Waals surface area contributed by atoms with Gasteiger partial charge in [0.2, 0.25) is 12.1 Å². The highest BCUT2D eigenvalue weighted by atomic mass is 16.6. The third kappa shape index (κ3) is 3.55. The summed E-state index contributed by atoms with van der Waals surface area (Å²) in [6.45, 7) is 5.78. The zero-order valence-electron chi connectivity index (χ0n) is 16.6. The first-order valence-corrected chi connectivity index (χ1v) is 9.63. The number of aromatic nitrogens is 3. The van der Waals surface area contributed by atoms with Crippen LogP contribution in [0.1, 0.15) is 42.1 Å². The fraction of sp³-hybridized carbons (Fsp3) is 0.318. The summed E-state index contributed by atoms with van der Waals surface area (Å²) in [5.41, 5.74) is 3.65. The van der Waals surface area contributed by atoms with Gasteiger partial charge in [-0.3, -0.25) is 4.79 Å². The minimum atomic E-state index is -0.736. The number of ether oxygens (including phenoxy) is 1. The van der Waals surface area contributed by atoms with Crippen molar-refractivity contribution in [2.75, 3.05) is 0 Å². The highest BCUT2D eigenvalue weighted by Gasteiger charge is 2.37. The van der Waals surface area contributed by atoms with Crippen LogP contribution in [0.4, 0.5) is 0 Å². The number of para-hydroxylation sites is 1. The molecule has 3 aromatic rings. The Labute approximate surface area is 168 Å². The van der Waals surface area contributed by atoms with Crippen molar-refractivity contribution in [1.29, 1.82) is 0 Å². The lowest BCUT2D eigenvalue weighted by molar-refractivity contribution is -0.138. The van der Waals surface area contributed by atoms with Crippen LogP contribution in [0.5, 0.6) is 0 Å². The molecule has 2 heterocycles. The summed E-state index contributed by atoms with van der Waals surface area (Å²) in [6.07, 6.45) is -0.648. The van der Waals surface area contributed by atoms with Gasteiger partial charge in [0.05, 0.1) is 11.4 Å². The molecule has 0 spiro atoms. The van der Waals surface area contributed by atoms with Crippen LogP contribution in [-0.4, -0.2) is 38.8 Å². The van der Waals surface area contributed by atoms with Gasteiger partial charge in [0.25, 0.3) is 0 Å². The normalized spacial score (nSPS) is 17.4. The molecule has 0 radical (unpaired) electrons. The molecule has 1 unspecified atom stereocenters. The van der Waals surface area contributed by atoms with Crippen LogP contribution in [0.15, 0.2) is 53.5 Å². The number of aryl methyl sites for hydroxylation is 1. The Bertz CT molecular complexity index is 1120. The van der Waals surface area contributed by atoms with E-state index in [0.717, 1.165) is 11.1 Å². The maximum absolute atomic E-state index is 13.1. The molecule has 7 nitrogen and oxygen atoms in total. The molecule has 0 saturated carbocycles. The standard InChI is InChI=1S/C22H22N4O3/c1-13(2)20-22(28)29-21(23-20)16(15-9-5-4-8-14(15)3)12-19(27)26-18-11-7-6-10-17(18)24-25-26/h4-11,13,16,21H,12H2,1-3H3/t16-,21?/m1/s1. The number of carbonyl (C=O) groups excluding carboxylic acids is 2. The van der Waals surface area contributed by atoms with Gasteiger partial charge in [0, 0.05) is 12.3 Å². The van der Waals surface area contributed by atoms with Crippen LogP contribution < -0.4 is 0 Å². The molecule has 1 aromatic heterocycles. The Morgan fingerprint density at radius 2 is 1.86 bits per heavy atom. The number of carbonyl (C=O) groups is 2.